The molecule has 1 N–H and O–H groups in total. The van der Waals surface area contributed by atoms with Crippen LogP contribution in [0.2, 0.25) is 0 Å². The van der Waals surface area contributed by atoms with E-state index in [1.807, 2.05) is 30.3 Å². The average molecular weight is 372 g/mol. The van der Waals surface area contributed by atoms with E-state index in [4.69, 9.17) is 9.47 Å². The number of nitrogens with zero attached hydrogens (tertiary/aromatic N) is 2. The number of non-ortho nitro benzene ring substituents is 1. The van der Waals surface area contributed by atoms with Gasteiger partial charge in [0.15, 0.2) is 0 Å². The van der Waals surface area contributed by atoms with Crippen LogP contribution in [0, 0.1) is 10.1 Å². The molecule has 0 bridgehead atoms. The lowest BCUT2D eigenvalue weighted by Gasteiger charge is -2.35. The summed E-state index contributed by atoms with van der Waals surface area (Å²) in [6.45, 7) is 0.669. The number of amides is 1. The molecule has 0 radical (unpaired) electrons. The lowest BCUT2D eigenvalue weighted by molar-refractivity contribution is -0.384. The molecule has 2 aromatic carbocycles. The first-order valence-corrected chi connectivity index (χ1v) is 8.58. The van der Waals surface area contributed by atoms with Crippen LogP contribution in [0.3, 0.4) is 0 Å². The standard InChI is InChI=1S/C19H20N2O6/c22-17-12-20(19(23)26-13-14-4-2-1-3-5-14)11-10-18(17)27-16-8-6-15(7-9-16)21(24)25/h1-9,17-18,22H,10-13H2/t17-,18-/m0/s1. The summed E-state index contributed by atoms with van der Waals surface area (Å²) < 4.78 is 11.0. The Hall–Kier alpha value is -3.13. The molecule has 8 nitrogen and oxygen atoms in total. The van der Waals surface area contributed by atoms with Crippen LogP contribution in [0.5, 0.6) is 5.75 Å². The van der Waals surface area contributed by atoms with E-state index in [0.29, 0.717) is 18.7 Å². The first-order valence-electron chi connectivity index (χ1n) is 8.58. The molecular weight excluding hydrogens is 352 g/mol. The number of likely N-dealkylation sites (tertiary alicyclic amines) is 1. The van der Waals surface area contributed by atoms with Crippen LogP contribution in [-0.2, 0) is 11.3 Å². The van der Waals surface area contributed by atoms with Crippen molar-refractivity contribution in [3.63, 3.8) is 0 Å². The first-order chi connectivity index (χ1) is 13.0. The van der Waals surface area contributed by atoms with E-state index in [-0.39, 0.29) is 18.8 Å². The van der Waals surface area contributed by atoms with E-state index in [1.165, 1.54) is 29.2 Å². The van der Waals surface area contributed by atoms with Gasteiger partial charge in [-0.15, -0.1) is 0 Å². The van der Waals surface area contributed by atoms with Crippen molar-refractivity contribution in [1.82, 2.24) is 4.90 Å². The van der Waals surface area contributed by atoms with Crippen molar-refractivity contribution >= 4 is 11.8 Å². The molecule has 8 heteroatoms. The normalized spacial score (nSPS) is 19.4. The van der Waals surface area contributed by atoms with Gasteiger partial charge in [-0.2, -0.15) is 0 Å². The van der Waals surface area contributed by atoms with Crippen LogP contribution < -0.4 is 4.74 Å². The average Bonchev–Trinajstić information content (AvgIpc) is 2.69. The molecule has 0 aliphatic carbocycles. The Balaban J connectivity index is 1.49. The molecule has 27 heavy (non-hydrogen) atoms. The Kier molecular flexibility index (Phi) is 5.87. The Labute approximate surface area is 156 Å². The molecule has 1 aliphatic heterocycles. The maximum atomic E-state index is 12.2. The zero-order valence-corrected chi connectivity index (χ0v) is 14.6. The lowest BCUT2D eigenvalue weighted by atomic mass is 10.1. The van der Waals surface area contributed by atoms with Crippen LogP contribution in [0.4, 0.5) is 10.5 Å². The fourth-order valence-electron chi connectivity index (χ4n) is 2.85. The van der Waals surface area contributed by atoms with Gasteiger partial charge in [0.25, 0.3) is 5.69 Å². The van der Waals surface area contributed by atoms with Crippen LogP contribution in [0.15, 0.2) is 54.6 Å². The molecule has 2 aromatic rings. The Bertz CT molecular complexity index is 781. The van der Waals surface area contributed by atoms with E-state index < -0.39 is 23.2 Å². The highest BCUT2D eigenvalue weighted by Gasteiger charge is 2.32. The maximum absolute atomic E-state index is 12.2. The van der Waals surface area contributed by atoms with Crippen molar-refractivity contribution < 1.29 is 24.3 Å². The minimum Gasteiger partial charge on any atom is -0.488 e. The van der Waals surface area contributed by atoms with Crippen molar-refractivity contribution in [1.29, 1.82) is 0 Å². The number of piperidine rings is 1. The number of aliphatic hydroxyl groups is 1. The second-order valence-electron chi connectivity index (χ2n) is 6.25. The van der Waals surface area contributed by atoms with Gasteiger partial charge < -0.3 is 19.5 Å². The van der Waals surface area contributed by atoms with Crippen molar-refractivity contribution in [3.8, 4) is 5.75 Å². The predicted molar refractivity (Wildman–Crippen MR) is 96.3 cm³/mol. The van der Waals surface area contributed by atoms with Crippen molar-refractivity contribution in [3.05, 3.63) is 70.3 Å². The predicted octanol–water partition coefficient (Wildman–Crippen LogP) is 2.75. The molecule has 1 aliphatic rings. The fourth-order valence-corrected chi connectivity index (χ4v) is 2.85. The molecule has 1 fully saturated rings. The van der Waals surface area contributed by atoms with E-state index >= 15 is 0 Å². The third kappa shape index (κ3) is 4.95. The van der Waals surface area contributed by atoms with Crippen molar-refractivity contribution in [2.75, 3.05) is 13.1 Å². The van der Waals surface area contributed by atoms with E-state index in [2.05, 4.69) is 0 Å². The van der Waals surface area contributed by atoms with Gasteiger partial charge in [-0.1, -0.05) is 30.3 Å². The van der Waals surface area contributed by atoms with Crippen LogP contribution in [0.25, 0.3) is 0 Å². The number of carbonyl (C=O) groups excluding carboxylic acids is 1. The quantitative estimate of drug-likeness (QED) is 0.640. The number of β-amino-alcohol motifs (C(OH)–C–C–N with tert-alkyl or cyclic N) is 1. The number of rotatable bonds is 5. The summed E-state index contributed by atoms with van der Waals surface area (Å²) in [5, 5.41) is 21.0. The second-order valence-corrected chi connectivity index (χ2v) is 6.25. The van der Waals surface area contributed by atoms with Crippen LogP contribution in [0.1, 0.15) is 12.0 Å². The van der Waals surface area contributed by atoms with Gasteiger partial charge in [-0.25, -0.2) is 4.79 Å². The first kappa shape index (κ1) is 18.7. The highest BCUT2D eigenvalue weighted by molar-refractivity contribution is 5.67. The molecule has 1 amide bonds. The maximum Gasteiger partial charge on any atom is 0.410 e. The van der Waals surface area contributed by atoms with Gasteiger partial charge in [-0.05, 0) is 17.7 Å². The molecular formula is C19H20N2O6. The van der Waals surface area contributed by atoms with Crippen molar-refractivity contribution in [2.45, 2.75) is 25.2 Å². The highest BCUT2D eigenvalue weighted by atomic mass is 16.6. The Morgan fingerprint density at radius 2 is 1.89 bits per heavy atom. The Morgan fingerprint density at radius 3 is 2.52 bits per heavy atom. The molecule has 0 spiro atoms. The highest BCUT2D eigenvalue weighted by Crippen LogP contribution is 2.22. The molecule has 2 atom stereocenters. The van der Waals surface area contributed by atoms with Gasteiger partial charge in [-0.3, -0.25) is 10.1 Å². The summed E-state index contributed by atoms with van der Waals surface area (Å²) in [7, 11) is 0. The summed E-state index contributed by atoms with van der Waals surface area (Å²) in [5.41, 5.74) is 0.863. The molecule has 0 unspecified atom stereocenters. The third-order valence-corrected chi connectivity index (χ3v) is 4.32. The number of hydrogen-bond acceptors (Lipinski definition) is 6. The smallest absolute Gasteiger partial charge is 0.410 e. The number of carbonyl (C=O) groups is 1. The molecule has 142 valence electrons. The van der Waals surface area contributed by atoms with E-state index in [1.54, 1.807) is 0 Å². The summed E-state index contributed by atoms with van der Waals surface area (Å²) in [5.74, 6) is 0.435. The fraction of sp³-hybridized carbons (Fsp3) is 0.316. The van der Waals surface area contributed by atoms with Crippen LogP contribution in [-0.4, -0.2) is 46.3 Å². The van der Waals surface area contributed by atoms with Gasteiger partial charge in [0, 0.05) is 25.1 Å². The monoisotopic (exact) mass is 372 g/mol. The number of aliphatic hydroxyl groups excluding tert-OH is 1. The SMILES string of the molecule is O=C(OCc1ccccc1)N1CC[C@H](Oc2ccc([N+](=O)[O-])cc2)[C@@H](O)C1. The zero-order chi connectivity index (χ0) is 19.2. The zero-order valence-electron chi connectivity index (χ0n) is 14.6. The molecule has 1 saturated heterocycles. The summed E-state index contributed by atoms with van der Waals surface area (Å²) in [6, 6.07) is 15.0. The number of benzene rings is 2. The summed E-state index contributed by atoms with van der Waals surface area (Å²) >= 11 is 0. The van der Waals surface area contributed by atoms with E-state index in [0.717, 1.165) is 5.56 Å². The number of hydrogen-bond donors (Lipinski definition) is 1. The number of nitro benzene ring substituents is 1. The topological polar surface area (TPSA) is 102 Å². The number of nitro groups is 1. The van der Waals surface area contributed by atoms with E-state index in [9.17, 15) is 20.0 Å². The molecule has 0 aromatic heterocycles. The molecule has 0 saturated carbocycles. The third-order valence-electron chi connectivity index (χ3n) is 4.32. The van der Waals surface area contributed by atoms with Crippen molar-refractivity contribution in [2.24, 2.45) is 0 Å². The second kappa shape index (κ2) is 8.50. The summed E-state index contributed by atoms with van der Waals surface area (Å²) in [4.78, 5) is 23.8. The van der Waals surface area contributed by atoms with Gasteiger partial charge in [0.2, 0.25) is 0 Å². The lowest BCUT2D eigenvalue weighted by Crippen LogP contribution is -2.51. The minimum absolute atomic E-state index is 0.0288. The number of ether oxygens (including phenoxy) is 2. The Morgan fingerprint density at radius 1 is 1.19 bits per heavy atom. The molecule has 1 heterocycles. The molecule has 3 rings (SSSR count). The largest absolute Gasteiger partial charge is 0.488 e. The van der Waals surface area contributed by atoms with Gasteiger partial charge in [0.1, 0.15) is 24.6 Å². The van der Waals surface area contributed by atoms with Gasteiger partial charge >= 0.3 is 6.09 Å². The summed E-state index contributed by atoms with van der Waals surface area (Å²) in [6.07, 6.45) is -1.42. The van der Waals surface area contributed by atoms with Crippen LogP contribution >= 0.6 is 0 Å². The minimum atomic E-state index is -0.877. The van der Waals surface area contributed by atoms with Gasteiger partial charge in [0.05, 0.1) is 11.5 Å².